The van der Waals surface area contributed by atoms with E-state index in [1.165, 1.54) is 11.3 Å². The van der Waals surface area contributed by atoms with Crippen molar-refractivity contribution in [2.24, 2.45) is 11.7 Å². The van der Waals surface area contributed by atoms with Crippen molar-refractivity contribution in [3.8, 4) is 0 Å². The Morgan fingerprint density at radius 3 is 2.65 bits per heavy atom. The fourth-order valence-corrected chi connectivity index (χ4v) is 3.25. The SMILES string of the molecule is CC(C)(C)c1ncsc1C(=O)N1CCC(CN)C1.Cl.Cl. The second-order valence-corrected chi connectivity index (χ2v) is 6.78. The van der Waals surface area contributed by atoms with E-state index in [9.17, 15) is 4.79 Å². The summed E-state index contributed by atoms with van der Waals surface area (Å²) in [5, 5.41) is 0. The molecule has 4 nitrogen and oxygen atoms in total. The molecule has 1 atom stereocenters. The molecule has 0 aromatic carbocycles. The minimum absolute atomic E-state index is 0. The normalized spacial score (nSPS) is 18.4. The molecule has 1 fully saturated rings. The standard InChI is InChI=1S/C13H21N3OS.2ClH/c1-13(2,3)11-10(18-8-15-11)12(17)16-5-4-9(6-14)7-16;;/h8-9H,4-7,14H2,1-3H3;2*1H. The molecule has 1 unspecified atom stereocenters. The summed E-state index contributed by atoms with van der Waals surface area (Å²) in [5.74, 6) is 0.582. The molecule has 0 bridgehead atoms. The Balaban J connectivity index is 0.00000180. The van der Waals surface area contributed by atoms with Crippen molar-refractivity contribution in [2.75, 3.05) is 19.6 Å². The highest BCUT2D eigenvalue weighted by atomic mass is 35.5. The van der Waals surface area contributed by atoms with Gasteiger partial charge in [0.05, 0.1) is 11.2 Å². The molecule has 0 radical (unpaired) electrons. The van der Waals surface area contributed by atoms with Crippen molar-refractivity contribution in [3.05, 3.63) is 16.1 Å². The molecule has 2 heterocycles. The summed E-state index contributed by atoms with van der Waals surface area (Å²) in [6.45, 7) is 8.54. The Morgan fingerprint density at radius 1 is 1.50 bits per heavy atom. The van der Waals surface area contributed by atoms with E-state index in [0.717, 1.165) is 30.1 Å². The largest absolute Gasteiger partial charge is 0.338 e. The summed E-state index contributed by atoms with van der Waals surface area (Å²) in [6, 6.07) is 0. The molecule has 7 heteroatoms. The van der Waals surface area contributed by atoms with Gasteiger partial charge in [0.15, 0.2) is 0 Å². The maximum absolute atomic E-state index is 12.5. The van der Waals surface area contributed by atoms with Crippen LogP contribution in [0.4, 0.5) is 0 Å². The van der Waals surface area contributed by atoms with Crippen molar-refractivity contribution in [1.29, 1.82) is 0 Å². The monoisotopic (exact) mass is 339 g/mol. The van der Waals surface area contributed by atoms with E-state index < -0.39 is 0 Å². The molecule has 0 spiro atoms. The van der Waals surface area contributed by atoms with E-state index in [2.05, 4.69) is 25.8 Å². The molecule has 1 aliphatic heterocycles. The summed E-state index contributed by atoms with van der Waals surface area (Å²) >= 11 is 1.45. The van der Waals surface area contributed by atoms with Crippen LogP contribution < -0.4 is 5.73 Å². The summed E-state index contributed by atoms with van der Waals surface area (Å²) in [4.78, 5) is 19.6. The van der Waals surface area contributed by atoms with Crippen LogP contribution >= 0.6 is 36.2 Å². The lowest BCUT2D eigenvalue weighted by Crippen LogP contribution is -2.31. The van der Waals surface area contributed by atoms with E-state index in [1.807, 2.05) is 4.90 Å². The van der Waals surface area contributed by atoms with Crippen LogP contribution in [0.25, 0.3) is 0 Å². The van der Waals surface area contributed by atoms with E-state index in [0.29, 0.717) is 12.5 Å². The first-order chi connectivity index (χ1) is 8.43. The molecular formula is C13H23Cl2N3OS. The van der Waals surface area contributed by atoms with Crippen LogP contribution in [0.3, 0.4) is 0 Å². The van der Waals surface area contributed by atoms with E-state index in [1.54, 1.807) is 5.51 Å². The zero-order valence-corrected chi connectivity index (χ0v) is 14.5. The molecule has 20 heavy (non-hydrogen) atoms. The van der Waals surface area contributed by atoms with Crippen molar-refractivity contribution in [1.82, 2.24) is 9.88 Å². The van der Waals surface area contributed by atoms with Crippen LogP contribution in [0.5, 0.6) is 0 Å². The van der Waals surface area contributed by atoms with Crippen LogP contribution in [0, 0.1) is 5.92 Å². The third-order valence-corrected chi connectivity index (χ3v) is 4.19. The highest BCUT2D eigenvalue weighted by Gasteiger charge is 2.31. The van der Waals surface area contributed by atoms with Gasteiger partial charge in [0.2, 0.25) is 0 Å². The number of aromatic nitrogens is 1. The fraction of sp³-hybridized carbons (Fsp3) is 0.692. The van der Waals surface area contributed by atoms with Gasteiger partial charge in [-0.1, -0.05) is 20.8 Å². The number of hydrogen-bond acceptors (Lipinski definition) is 4. The number of carbonyl (C=O) groups is 1. The second-order valence-electron chi connectivity index (χ2n) is 5.92. The number of nitrogens with two attached hydrogens (primary N) is 1. The molecule has 1 aromatic rings. The quantitative estimate of drug-likeness (QED) is 0.901. The second kappa shape index (κ2) is 7.59. The number of thiazole rings is 1. The lowest BCUT2D eigenvalue weighted by atomic mass is 9.91. The van der Waals surface area contributed by atoms with Gasteiger partial charge >= 0.3 is 0 Å². The van der Waals surface area contributed by atoms with Crippen molar-refractivity contribution < 1.29 is 4.79 Å². The topological polar surface area (TPSA) is 59.2 Å². The van der Waals surface area contributed by atoms with Gasteiger partial charge in [0.1, 0.15) is 4.88 Å². The Hall–Kier alpha value is -0.360. The van der Waals surface area contributed by atoms with Crippen molar-refractivity contribution >= 4 is 42.1 Å². The highest BCUT2D eigenvalue weighted by Crippen LogP contribution is 2.29. The highest BCUT2D eigenvalue weighted by molar-refractivity contribution is 7.11. The molecule has 1 amide bonds. The first kappa shape index (κ1) is 19.6. The summed E-state index contributed by atoms with van der Waals surface area (Å²) in [6.07, 6.45) is 1.02. The molecule has 1 aliphatic rings. The number of hydrogen-bond donors (Lipinski definition) is 1. The van der Waals surface area contributed by atoms with Gasteiger partial charge in [-0.2, -0.15) is 0 Å². The van der Waals surface area contributed by atoms with Crippen LogP contribution in [0.15, 0.2) is 5.51 Å². The number of rotatable bonds is 2. The maximum atomic E-state index is 12.5. The van der Waals surface area contributed by atoms with Crippen LogP contribution in [-0.4, -0.2) is 35.4 Å². The third kappa shape index (κ3) is 4.07. The lowest BCUT2D eigenvalue weighted by molar-refractivity contribution is 0.0789. The maximum Gasteiger partial charge on any atom is 0.265 e. The number of halogens is 2. The van der Waals surface area contributed by atoms with E-state index >= 15 is 0 Å². The van der Waals surface area contributed by atoms with Gasteiger partial charge in [0, 0.05) is 18.5 Å². The average Bonchev–Trinajstić information content (AvgIpc) is 2.96. The minimum Gasteiger partial charge on any atom is -0.338 e. The van der Waals surface area contributed by atoms with Crippen LogP contribution in [0.2, 0.25) is 0 Å². The first-order valence-corrected chi connectivity index (χ1v) is 7.24. The Morgan fingerprint density at radius 2 is 2.15 bits per heavy atom. The predicted octanol–water partition coefficient (Wildman–Crippen LogP) is 2.71. The molecule has 1 saturated heterocycles. The van der Waals surface area contributed by atoms with Gasteiger partial charge in [-0.05, 0) is 18.9 Å². The fourth-order valence-electron chi connectivity index (χ4n) is 2.29. The van der Waals surface area contributed by atoms with Gasteiger partial charge in [-0.25, -0.2) is 4.98 Å². The zero-order valence-electron chi connectivity index (χ0n) is 12.1. The van der Waals surface area contributed by atoms with Crippen LogP contribution in [0.1, 0.15) is 42.6 Å². The summed E-state index contributed by atoms with van der Waals surface area (Å²) in [7, 11) is 0. The van der Waals surface area contributed by atoms with E-state index in [-0.39, 0.29) is 36.1 Å². The number of carbonyl (C=O) groups excluding carboxylic acids is 1. The Kier molecular flexibility index (Phi) is 7.46. The zero-order chi connectivity index (χ0) is 13.3. The van der Waals surface area contributed by atoms with Gasteiger partial charge in [-0.3, -0.25) is 4.79 Å². The minimum atomic E-state index is -0.0853. The average molecular weight is 340 g/mol. The van der Waals surface area contributed by atoms with Crippen molar-refractivity contribution in [2.45, 2.75) is 32.6 Å². The van der Waals surface area contributed by atoms with Gasteiger partial charge < -0.3 is 10.6 Å². The number of amides is 1. The molecule has 0 aliphatic carbocycles. The third-order valence-electron chi connectivity index (χ3n) is 3.38. The van der Waals surface area contributed by atoms with E-state index in [4.69, 9.17) is 5.73 Å². The number of likely N-dealkylation sites (tertiary alicyclic amines) is 1. The smallest absolute Gasteiger partial charge is 0.265 e. The van der Waals surface area contributed by atoms with Gasteiger partial charge in [-0.15, -0.1) is 36.2 Å². The molecule has 116 valence electrons. The first-order valence-electron chi connectivity index (χ1n) is 6.36. The van der Waals surface area contributed by atoms with Crippen LogP contribution in [-0.2, 0) is 5.41 Å². The molecule has 2 rings (SSSR count). The molecule has 1 aromatic heterocycles. The lowest BCUT2D eigenvalue weighted by Gasteiger charge is -2.20. The molecule has 0 saturated carbocycles. The molecule has 2 N–H and O–H groups in total. The number of nitrogens with zero attached hydrogens (tertiary/aromatic N) is 2. The summed E-state index contributed by atoms with van der Waals surface area (Å²) in [5.41, 5.74) is 8.26. The Labute approximate surface area is 137 Å². The van der Waals surface area contributed by atoms with Gasteiger partial charge in [0.25, 0.3) is 5.91 Å². The predicted molar refractivity (Wildman–Crippen MR) is 88.4 cm³/mol. The Bertz CT molecular complexity index is 445. The van der Waals surface area contributed by atoms with Crippen molar-refractivity contribution in [3.63, 3.8) is 0 Å². The summed E-state index contributed by atoms with van der Waals surface area (Å²) < 4.78 is 0. The molecular weight excluding hydrogens is 317 g/mol.